The van der Waals surface area contributed by atoms with Crippen molar-refractivity contribution in [2.75, 3.05) is 0 Å². The third-order valence-corrected chi connectivity index (χ3v) is 5.71. The van der Waals surface area contributed by atoms with Gasteiger partial charge in [0.1, 0.15) is 0 Å². The van der Waals surface area contributed by atoms with Crippen LogP contribution in [0.2, 0.25) is 0 Å². The Hall–Kier alpha value is -3.19. The van der Waals surface area contributed by atoms with Gasteiger partial charge < -0.3 is 0 Å². The summed E-state index contributed by atoms with van der Waals surface area (Å²) in [6.07, 6.45) is 6.26. The van der Waals surface area contributed by atoms with Crippen LogP contribution in [0.15, 0.2) is 96.2 Å². The number of pyridine rings is 1. The summed E-state index contributed by atoms with van der Waals surface area (Å²) in [6.45, 7) is 2.26. The van der Waals surface area contributed by atoms with Gasteiger partial charge in [0.2, 0.25) is 0 Å². The van der Waals surface area contributed by atoms with E-state index in [4.69, 9.17) is 0 Å². The van der Waals surface area contributed by atoms with Gasteiger partial charge in [0.25, 0.3) is 0 Å². The Morgan fingerprint density at radius 1 is 0.815 bits per heavy atom. The standard InChI is InChI=1S/C26H21N/c1-18-21(17-22-10-4-8-19-7-2-3-12-24(19)22)14-15-23(18)25-13-5-9-20-11-6-16-27-26(20)25/h2-14,16H,15,17H2,1H3. The van der Waals surface area contributed by atoms with E-state index in [9.17, 15) is 0 Å². The highest BCUT2D eigenvalue weighted by molar-refractivity contribution is 5.94. The average molecular weight is 347 g/mol. The summed E-state index contributed by atoms with van der Waals surface area (Å²) in [5, 5.41) is 3.88. The van der Waals surface area contributed by atoms with Crippen LogP contribution in [0, 0.1) is 0 Å². The molecule has 1 aliphatic rings. The highest BCUT2D eigenvalue weighted by Gasteiger charge is 2.18. The van der Waals surface area contributed by atoms with Crippen LogP contribution in [0.3, 0.4) is 0 Å². The van der Waals surface area contributed by atoms with Gasteiger partial charge in [0.15, 0.2) is 0 Å². The molecule has 1 heteroatoms. The molecule has 0 saturated heterocycles. The van der Waals surface area contributed by atoms with Crippen LogP contribution in [0.25, 0.3) is 27.2 Å². The molecule has 0 fully saturated rings. The van der Waals surface area contributed by atoms with Crippen molar-refractivity contribution in [1.82, 2.24) is 4.98 Å². The van der Waals surface area contributed by atoms with Crippen LogP contribution in [0.4, 0.5) is 0 Å². The molecule has 0 N–H and O–H groups in total. The van der Waals surface area contributed by atoms with Gasteiger partial charge in [-0.05, 0) is 58.9 Å². The normalized spacial score (nSPS) is 14.2. The second kappa shape index (κ2) is 6.51. The van der Waals surface area contributed by atoms with Gasteiger partial charge in [-0.3, -0.25) is 4.98 Å². The molecule has 1 aliphatic carbocycles. The fourth-order valence-corrected chi connectivity index (χ4v) is 4.24. The van der Waals surface area contributed by atoms with Gasteiger partial charge >= 0.3 is 0 Å². The minimum atomic E-state index is 0.981. The largest absolute Gasteiger partial charge is 0.256 e. The number of rotatable bonds is 3. The van der Waals surface area contributed by atoms with Crippen molar-refractivity contribution >= 4 is 27.2 Å². The van der Waals surface area contributed by atoms with Gasteiger partial charge in [-0.25, -0.2) is 0 Å². The zero-order valence-electron chi connectivity index (χ0n) is 15.4. The number of benzene rings is 3. The number of fused-ring (bicyclic) bond motifs is 2. The van der Waals surface area contributed by atoms with Gasteiger partial charge in [0.05, 0.1) is 5.52 Å². The van der Waals surface area contributed by atoms with E-state index >= 15 is 0 Å². The zero-order chi connectivity index (χ0) is 18.2. The van der Waals surface area contributed by atoms with E-state index in [0.717, 1.165) is 18.4 Å². The van der Waals surface area contributed by atoms with Crippen molar-refractivity contribution in [2.24, 2.45) is 0 Å². The Labute approximate surface area is 159 Å². The SMILES string of the molecule is CC1=C(c2cccc3cccnc23)CC=C1Cc1cccc2ccccc12. The monoisotopic (exact) mass is 347 g/mol. The van der Waals surface area contributed by atoms with Crippen molar-refractivity contribution in [3.8, 4) is 0 Å². The molecule has 27 heavy (non-hydrogen) atoms. The van der Waals surface area contributed by atoms with Crippen LogP contribution >= 0.6 is 0 Å². The Bertz CT molecular complexity index is 1220. The van der Waals surface area contributed by atoms with Crippen LogP contribution in [-0.4, -0.2) is 4.98 Å². The van der Waals surface area contributed by atoms with Crippen molar-refractivity contribution in [3.63, 3.8) is 0 Å². The Balaban J connectivity index is 1.55. The Morgan fingerprint density at radius 3 is 2.56 bits per heavy atom. The summed E-state index contributed by atoms with van der Waals surface area (Å²) in [5.74, 6) is 0. The molecule has 4 aromatic rings. The first-order valence-corrected chi connectivity index (χ1v) is 9.51. The molecular formula is C26H21N. The van der Waals surface area contributed by atoms with Crippen molar-refractivity contribution in [3.05, 3.63) is 107 Å². The van der Waals surface area contributed by atoms with E-state index < -0.39 is 0 Å². The third-order valence-electron chi connectivity index (χ3n) is 5.71. The summed E-state index contributed by atoms with van der Waals surface area (Å²) in [4.78, 5) is 4.65. The van der Waals surface area contributed by atoms with E-state index in [1.807, 2.05) is 12.3 Å². The van der Waals surface area contributed by atoms with Crippen LogP contribution < -0.4 is 0 Å². The van der Waals surface area contributed by atoms with E-state index in [1.54, 1.807) is 0 Å². The van der Waals surface area contributed by atoms with E-state index in [0.29, 0.717) is 0 Å². The quantitative estimate of drug-likeness (QED) is 0.400. The fraction of sp³-hybridized carbons (Fsp3) is 0.115. The molecule has 1 aromatic heterocycles. The van der Waals surface area contributed by atoms with Gasteiger partial charge in [-0.1, -0.05) is 72.8 Å². The minimum Gasteiger partial charge on any atom is -0.256 e. The predicted octanol–water partition coefficient (Wildman–Crippen LogP) is 6.73. The van der Waals surface area contributed by atoms with Gasteiger partial charge in [-0.15, -0.1) is 0 Å². The smallest absolute Gasteiger partial charge is 0.0777 e. The number of para-hydroxylation sites is 1. The topological polar surface area (TPSA) is 12.9 Å². The molecule has 0 radical (unpaired) electrons. The minimum absolute atomic E-state index is 0.981. The highest BCUT2D eigenvalue weighted by Crippen LogP contribution is 2.38. The maximum atomic E-state index is 4.65. The summed E-state index contributed by atoms with van der Waals surface area (Å²) in [5.41, 5.74) is 8.03. The molecule has 0 atom stereocenters. The second-order valence-electron chi connectivity index (χ2n) is 7.23. The lowest BCUT2D eigenvalue weighted by Crippen LogP contribution is -1.93. The van der Waals surface area contributed by atoms with E-state index in [-0.39, 0.29) is 0 Å². The Kier molecular flexibility index (Phi) is 3.86. The van der Waals surface area contributed by atoms with Crippen LogP contribution in [0.5, 0.6) is 0 Å². The van der Waals surface area contributed by atoms with E-state index in [2.05, 4.69) is 84.7 Å². The average Bonchev–Trinajstić information content (AvgIpc) is 3.08. The summed E-state index contributed by atoms with van der Waals surface area (Å²) in [6, 6.07) is 25.9. The highest BCUT2D eigenvalue weighted by atomic mass is 14.6. The number of hydrogen-bond acceptors (Lipinski definition) is 1. The lowest BCUT2D eigenvalue weighted by molar-refractivity contribution is 1.17. The van der Waals surface area contributed by atoms with Crippen molar-refractivity contribution in [1.29, 1.82) is 0 Å². The number of nitrogens with zero attached hydrogens (tertiary/aromatic N) is 1. The van der Waals surface area contributed by atoms with Crippen molar-refractivity contribution in [2.45, 2.75) is 19.8 Å². The zero-order valence-corrected chi connectivity index (χ0v) is 15.4. The molecular weight excluding hydrogens is 326 g/mol. The molecule has 5 rings (SSSR count). The lowest BCUT2D eigenvalue weighted by Gasteiger charge is -2.11. The molecule has 0 saturated carbocycles. The molecule has 1 heterocycles. The first-order chi connectivity index (χ1) is 13.3. The van der Waals surface area contributed by atoms with Crippen LogP contribution in [-0.2, 0) is 6.42 Å². The van der Waals surface area contributed by atoms with E-state index in [1.165, 1.54) is 44.0 Å². The Morgan fingerprint density at radius 2 is 1.59 bits per heavy atom. The summed E-state index contributed by atoms with van der Waals surface area (Å²) in [7, 11) is 0. The number of allylic oxidation sites excluding steroid dienone is 4. The lowest BCUT2D eigenvalue weighted by atomic mass is 9.94. The second-order valence-corrected chi connectivity index (χ2v) is 7.23. The van der Waals surface area contributed by atoms with Crippen molar-refractivity contribution < 1.29 is 0 Å². The predicted molar refractivity (Wildman–Crippen MR) is 115 cm³/mol. The first kappa shape index (κ1) is 16.0. The third kappa shape index (κ3) is 2.76. The molecule has 0 amide bonds. The summed E-state index contributed by atoms with van der Waals surface area (Å²) < 4.78 is 0. The molecule has 130 valence electrons. The van der Waals surface area contributed by atoms with Crippen LogP contribution in [0.1, 0.15) is 24.5 Å². The number of aromatic nitrogens is 1. The molecule has 0 aliphatic heterocycles. The summed E-state index contributed by atoms with van der Waals surface area (Å²) >= 11 is 0. The maximum Gasteiger partial charge on any atom is 0.0777 e. The molecule has 0 bridgehead atoms. The van der Waals surface area contributed by atoms with Gasteiger partial charge in [0, 0.05) is 17.1 Å². The molecule has 0 spiro atoms. The van der Waals surface area contributed by atoms with Gasteiger partial charge in [-0.2, -0.15) is 0 Å². The fourth-order valence-electron chi connectivity index (χ4n) is 4.24. The molecule has 1 nitrogen and oxygen atoms in total. The molecule has 3 aromatic carbocycles. The first-order valence-electron chi connectivity index (χ1n) is 9.51. The number of hydrogen-bond donors (Lipinski definition) is 0. The molecule has 0 unspecified atom stereocenters. The maximum absolute atomic E-state index is 4.65.